The first-order chi connectivity index (χ1) is 13.5. The molecule has 9 heteroatoms. The summed E-state index contributed by atoms with van der Waals surface area (Å²) in [7, 11) is 0. The highest BCUT2D eigenvalue weighted by molar-refractivity contribution is 6.10. The maximum Gasteiger partial charge on any atom is 0.325 e. The van der Waals surface area contributed by atoms with Gasteiger partial charge in [-0.3, -0.25) is 24.6 Å². The van der Waals surface area contributed by atoms with Crippen molar-refractivity contribution in [2.45, 2.75) is 38.5 Å². The summed E-state index contributed by atoms with van der Waals surface area (Å²) in [5.74, 6) is -0.283. The molecule has 2 aliphatic heterocycles. The number of nitrogens with one attached hydrogen (secondary N) is 2. The monoisotopic (exact) mass is 387 g/mol. The molecule has 2 N–H and O–H groups in total. The largest absolute Gasteiger partial charge is 0.454 e. The summed E-state index contributed by atoms with van der Waals surface area (Å²) in [4.78, 5) is 50.2. The number of likely N-dealkylation sites (tertiary alicyclic amines) is 1. The fraction of sp³-hybridized carbons (Fsp3) is 0.474. The van der Waals surface area contributed by atoms with Gasteiger partial charge < -0.3 is 14.8 Å². The fourth-order valence-electron chi connectivity index (χ4n) is 4.09. The van der Waals surface area contributed by atoms with Crippen molar-refractivity contribution in [2.24, 2.45) is 5.41 Å². The molecule has 148 valence electrons. The van der Waals surface area contributed by atoms with Crippen molar-refractivity contribution >= 4 is 29.4 Å². The van der Waals surface area contributed by atoms with Crippen LogP contribution in [0.4, 0.5) is 10.5 Å². The molecule has 1 aromatic rings. The van der Waals surface area contributed by atoms with E-state index in [-0.39, 0.29) is 25.0 Å². The minimum atomic E-state index is -0.754. The van der Waals surface area contributed by atoms with Crippen LogP contribution in [0.2, 0.25) is 0 Å². The van der Waals surface area contributed by atoms with Crippen LogP contribution in [0, 0.1) is 5.41 Å². The van der Waals surface area contributed by atoms with Crippen molar-refractivity contribution in [3.8, 4) is 11.5 Å². The van der Waals surface area contributed by atoms with Gasteiger partial charge in [-0.1, -0.05) is 19.3 Å². The average Bonchev–Trinajstić information content (AvgIpc) is 3.21. The van der Waals surface area contributed by atoms with E-state index in [0.29, 0.717) is 30.0 Å². The van der Waals surface area contributed by atoms with Gasteiger partial charge in [0.15, 0.2) is 11.5 Å². The van der Waals surface area contributed by atoms with Crippen LogP contribution in [0.1, 0.15) is 38.5 Å². The van der Waals surface area contributed by atoms with E-state index in [4.69, 9.17) is 9.47 Å². The third-order valence-corrected chi connectivity index (χ3v) is 5.49. The van der Waals surface area contributed by atoms with Crippen molar-refractivity contribution in [1.29, 1.82) is 0 Å². The SMILES string of the molecule is O=C(CN1C(=O)CC2(CCCCC2)C1=O)NC(=O)Nc1ccc2c(c1)OCO2. The number of urea groups is 1. The van der Waals surface area contributed by atoms with Crippen LogP contribution in [0.5, 0.6) is 11.5 Å². The number of amides is 5. The molecular formula is C19H21N3O6. The van der Waals surface area contributed by atoms with Gasteiger partial charge in [0.25, 0.3) is 0 Å². The third-order valence-electron chi connectivity index (χ3n) is 5.49. The predicted octanol–water partition coefficient (Wildman–Crippen LogP) is 1.77. The Morgan fingerprint density at radius 2 is 1.82 bits per heavy atom. The average molecular weight is 387 g/mol. The highest BCUT2D eigenvalue weighted by atomic mass is 16.7. The molecule has 1 spiro atoms. The highest BCUT2D eigenvalue weighted by Crippen LogP contribution is 2.45. The number of carbonyl (C=O) groups excluding carboxylic acids is 4. The number of ether oxygens (including phenoxy) is 2. The van der Waals surface area contributed by atoms with Crippen molar-refractivity contribution in [3.63, 3.8) is 0 Å². The quantitative estimate of drug-likeness (QED) is 0.764. The Hall–Kier alpha value is -3.10. The summed E-state index contributed by atoms with van der Waals surface area (Å²) in [5.41, 5.74) is -0.228. The van der Waals surface area contributed by atoms with Crippen molar-refractivity contribution in [3.05, 3.63) is 18.2 Å². The molecule has 28 heavy (non-hydrogen) atoms. The second kappa shape index (κ2) is 7.14. The first kappa shape index (κ1) is 18.3. The van der Waals surface area contributed by atoms with Gasteiger partial charge in [0.1, 0.15) is 6.54 Å². The molecule has 5 amide bonds. The Labute approximate surface area is 161 Å². The fourth-order valence-corrected chi connectivity index (χ4v) is 4.09. The Morgan fingerprint density at radius 1 is 1.07 bits per heavy atom. The second-order valence-corrected chi connectivity index (χ2v) is 7.37. The zero-order valence-electron chi connectivity index (χ0n) is 15.3. The van der Waals surface area contributed by atoms with E-state index in [1.165, 1.54) is 0 Å². The van der Waals surface area contributed by atoms with Crippen LogP contribution in [0.25, 0.3) is 0 Å². The van der Waals surface area contributed by atoms with E-state index in [0.717, 1.165) is 24.2 Å². The number of imide groups is 2. The molecule has 4 rings (SSSR count). The van der Waals surface area contributed by atoms with Crippen molar-refractivity contribution in [2.75, 3.05) is 18.7 Å². The summed E-state index contributed by atoms with van der Waals surface area (Å²) in [6.45, 7) is -0.336. The molecule has 0 bridgehead atoms. The summed E-state index contributed by atoms with van der Waals surface area (Å²) < 4.78 is 10.4. The summed E-state index contributed by atoms with van der Waals surface area (Å²) >= 11 is 0. The molecule has 1 aliphatic carbocycles. The number of anilines is 1. The Bertz CT molecular complexity index is 846. The van der Waals surface area contributed by atoms with E-state index < -0.39 is 23.9 Å². The lowest BCUT2D eigenvalue weighted by atomic mass is 9.73. The first-order valence-electron chi connectivity index (χ1n) is 9.32. The molecule has 0 radical (unpaired) electrons. The highest BCUT2D eigenvalue weighted by Gasteiger charge is 2.51. The van der Waals surface area contributed by atoms with Gasteiger partial charge in [-0.25, -0.2) is 4.79 Å². The molecule has 3 aliphatic rings. The van der Waals surface area contributed by atoms with E-state index in [1.807, 2.05) is 0 Å². The van der Waals surface area contributed by atoms with Gasteiger partial charge in [-0.05, 0) is 25.0 Å². The standard InChI is InChI=1S/C19H21N3O6/c23-15(10-22-16(24)9-19(17(22)25)6-2-1-3-7-19)21-18(26)20-12-4-5-13-14(8-12)28-11-27-13/h4-5,8H,1-3,6-7,9-11H2,(H2,20,21,23,26). The molecule has 1 aromatic carbocycles. The van der Waals surface area contributed by atoms with E-state index in [1.54, 1.807) is 18.2 Å². The number of fused-ring (bicyclic) bond motifs is 1. The number of hydrogen-bond acceptors (Lipinski definition) is 6. The normalized spacial score (nSPS) is 19.8. The predicted molar refractivity (Wildman–Crippen MR) is 96.6 cm³/mol. The molecule has 2 heterocycles. The molecule has 0 aromatic heterocycles. The van der Waals surface area contributed by atoms with Crippen LogP contribution in [-0.4, -0.2) is 42.0 Å². The molecule has 9 nitrogen and oxygen atoms in total. The summed E-state index contributed by atoms with van der Waals surface area (Å²) in [6, 6.07) is 4.07. The Balaban J connectivity index is 1.33. The zero-order chi connectivity index (χ0) is 19.7. The van der Waals surface area contributed by atoms with Crippen LogP contribution < -0.4 is 20.1 Å². The zero-order valence-corrected chi connectivity index (χ0v) is 15.3. The van der Waals surface area contributed by atoms with Gasteiger partial charge in [-0.2, -0.15) is 0 Å². The summed E-state index contributed by atoms with van der Waals surface area (Å²) in [5, 5.41) is 4.66. The molecule has 0 atom stereocenters. The number of nitrogens with zero attached hydrogens (tertiary/aromatic N) is 1. The number of rotatable bonds is 3. The molecule has 1 saturated heterocycles. The smallest absolute Gasteiger partial charge is 0.325 e. The minimum absolute atomic E-state index is 0.114. The van der Waals surface area contributed by atoms with Crippen LogP contribution in [0.3, 0.4) is 0 Å². The van der Waals surface area contributed by atoms with Gasteiger partial charge in [0.05, 0.1) is 5.41 Å². The maximum absolute atomic E-state index is 12.7. The maximum atomic E-state index is 12.7. The molecule has 0 unspecified atom stereocenters. The third kappa shape index (κ3) is 3.39. The molecule has 1 saturated carbocycles. The number of carbonyl (C=O) groups is 4. The first-order valence-corrected chi connectivity index (χ1v) is 9.32. The lowest BCUT2D eigenvalue weighted by Crippen LogP contribution is -2.45. The van der Waals surface area contributed by atoms with Gasteiger partial charge >= 0.3 is 6.03 Å². The number of benzene rings is 1. The summed E-state index contributed by atoms with van der Waals surface area (Å²) in [6.07, 6.45) is 4.40. The van der Waals surface area contributed by atoms with Crippen LogP contribution in [0.15, 0.2) is 18.2 Å². The van der Waals surface area contributed by atoms with Crippen molar-refractivity contribution in [1.82, 2.24) is 10.2 Å². The Kier molecular flexibility index (Phi) is 4.66. The van der Waals surface area contributed by atoms with E-state index in [9.17, 15) is 19.2 Å². The lowest BCUT2D eigenvalue weighted by molar-refractivity contribution is -0.145. The van der Waals surface area contributed by atoms with E-state index in [2.05, 4.69) is 10.6 Å². The lowest BCUT2D eigenvalue weighted by Gasteiger charge is -2.30. The van der Waals surface area contributed by atoms with Gasteiger partial charge in [0, 0.05) is 18.2 Å². The van der Waals surface area contributed by atoms with Gasteiger partial charge in [0.2, 0.25) is 24.5 Å². The minimum Gasteiger partial charge on any atom is -0.454 e. The topological polar surface area (TPSA) is 114 Å². The number of hydrogen-bond donors (Lipinski definition) is 2. The second-order valence-electron chi connectivity index (χ2n) is 7.37. The Morgan fingerprint density at radius 3 is 2.61 bits per heavy atom. The van der Waals surface area contributed by atoms with Gasteiger partial charge in [-0.15, -0.1) is 0 Å². The molecule has 2 fully saturated rings. The van der Waals surface area contributed by atoms with Crippen molar-refractivity contribution < 1.29 is 28.7 Å². The molecular weight excluding hydrogens is 366 g/mol. The van der Waals surface area contributed by atoms with E-state index >= 15 is 0 Å². The van der Waals surface area contributed by atoms with Crippen LogP contribution >= 0.6 is 0 Å². The van der Waals surface area contributed by atoms with Crippen LogP contribution in [-0.2, 0) is 14.4 Å².